The van der Waals surface area contributed by atoms with Crippen molar-refractivity contribution in [2.24, 2.45) is 7.05 Å². The van der Waals surface area contributed by atoms with Crippen LogP contribution in [0, 0.1) is 6.92 Å². The molecule has 2 N–H and O–H groups in total. The van der Waals surface area contributed by atoms with Crippen molar-refractivity contribution in [3.63, 3.8) is 0 Å². The van der Waals surface area contributed by atoms with Gasteiger partial charge in [-0.1, -0.05) is 22.0 Å². The van der Waals surface area contributed by atoms with Crippen LogP contribution in [-0.4, -0.2) is 39.7 Å². The molecule has 2 heterocycles. The van der Waals surface area contributed by atoms with E-state index in [1.165, 1.54) is 4.57 Å². The van der Waals surface area contributed by atoms with Gasteiger partial charge in [-0.25, -0.2) is 0 Å². The number of β-amino-alcohol motifs (C(OH)–C–C–N with tert-alkyl or cyclic N) is 1. The lowest BCUT2D eigenvalue weighted by molar-refractivity contribution is 0.102. The minimum Gasteiger partial charge on any atom is -0.392 e. The van der Waals surface area contributed by atoms with E-state index in [2.05, 4.69) is 26.1 Å². The molecule has 2 aromatic rings. The first-order valence-corrected chi connectivity index (χ1v) is 9.31. The van der Waals surface area contributed by atoms with Crippen molar-refractivity contribution in [2.45, 2.75) is 26.0 Å². The Morgan fingerprint density at radius 3 is 2.88 bits per heavy atom. The highest BCUT2D eigenvalue weighted by molar-refractivity contribution is 9.10. The van der Waals surface area contributed by atoms with E-state index >= 15 is 0 Å². The molecule has 6 nitrogen and oxygen atoms in total. The van der Waals surface area contributed by atoms with Gasteiger partial charge in [-0.3, -0.25) is 14.5 Å². The predicted octanol–water partition coefficient (Wildman–Crippen LogP) is 2.28. The molecule has 26 heavy (non-hydrogen) atoms. The summed E-state index contributed by atoms with van der Waals surface area (Å²) in [7, 11) is 1.64. The van der Waals surface area contributed by atoms with Crippen LogP contribution < -0.4 is 10.9 Å². The molecule has 1 atom stereocenters. The van der Waals surface area contributed by atoms with E-state index in [0.29, 0.717) is 18.8 Å². The fourth-order valence-corrected chi connectivity index (χ4v) is 3.54. The van der Waals surface area contributed by atoms with Crippen LogP contribution in [0.3, 0.4) is 0 Å². The Kier molecular flexibility index (Phi) is 5.60. The topological polar surface area (TPSA) is 74.6 Å². The zero-order valence-electron chi connectivity index (χ0n) is 14.8. The highest BCUT2D eigenvalue weighted by atomic mass is 79.9. The first-order chi connectivity index (χ1) is 12.3. The normalized spacial score (nSPS) is 17.5. The van der Waals surface area contributed by atoms with Crippen LogP contribution in [-0.2, 0) is 13.6 Å². The van der Waals surface area contributed by atoms with Gasteiger partial charge in [0, 0.05) is 43.0 Å². The van der Waals surface area contributed by atoms with Gasteiger partial charge in [-0.2, -0.15) is 0 Å². The van der Waals surface area contributed by atoms with Gasteiger partial charge >= 0.3 is 0 Å². The lowest BCUT2D eigenvalue weighted by Gasteiger charge is -2.16. The third kappa shape index (κ3) is 4.06. The van der Waals surface area contributed by atoms with Crippen LogP contribution in [0.25, 0.3) is 0 Å². The Hall–Kier alpha value is -1.96. The van der Waals surface area contributed by atoms with E-state index < -0.39 is 5.91 Å². The zero-order chi connectivity index (χ0) is 18.8. The van der Waals surface area contributed by atoms with Crippen LogP contribution in [0.2, 0.25) is 0 Å². The number of likely N-dealkylation sites (tertiary alicyclic amines) is 1. The third-order valence-corrected chi connectivity index (χ3v) is 5.51. The average Bonchev–Trinajstić information content (AvgIpc) is 2.99. The van der Waals surface area contributed by atoms with Crippen molar-refractivity contribution in [3.05, 3.63) is 62.0 Å². The summed E-state index contributed by atoms with van der Waals surface area (Å²) < 4.78 is 2.33. The molecule has 0 spiro atoms. The van der Waals surface area contributed by atoms with Crippen LogP contribution in [0.15, 0.2) is 39.7 Å². The molecule has 1 fully saturated rings. The Bertz CT molecular complexity index is 894. The highest BCUT2D eigenvalue weighted by Gasteiger charge is 2.21. The molecule has 1 aliphatic heterocycles. The quantitative estimate of drug-likeness (QED) is 0.796. The number of aliphatic hydroxyl groups excluding tert-OH is 1. The SMILES string of the molecule is Cc1c(Br)cccc1NC(=O)c1cc(CN2CCC(O)C2)cn(C)c1=O. The summed E-state index contributed by atoms with van der Waals surface area (Å²) in [6, 6.07) is 7.18. The first-order valence-electron chi connectivity index (χ1n) is 8.51. The second-order valence-corrected chi connectivity index (χ2v) is 7.58. The number of pyridine rings is 1. The number of nitrogens with one attached hydrogen (secondary N) is 1. The standard InChI is InChI=1S/C19H22BrN3O3/c1-12-16(20)4-3-5-17(12)21-18(25)15-8-13(9-22(2)19(15)26)10-23-7-6-14(24)11-23/h3-5,8-9,14,24H,6-7,10-11H2,1-2H3,(H,21,25). The lowest BCUT2D eigenvalue weighted by atomic mass is 10.1. The predicted molar refractivity (Wildman–Crippen MR) is 104 cm³/mol. The van der Waals surface area contributed by atoms with Crippen LogP contribution in [0.5, 0.6) is 0 Å². The minimum absolute atomic E-state index is 0.115. The van der Waals surface area contributed by atoms with Crippen molar-refractivity contribution in [1.29, 1.82) is 0 Å². The van der Waals surface area contributed by atoms with E-state index in [-0.39, 0.29) is 17.2 Å². The molecule has 1 aromatic carbocycles. The minimum atomic E-state index is -0.421. The summed E-state index contributed by atoms with van der Waals surface area (Å²) in [6.07, 6.45) is 2.19. The molecule has 0 saturated carbocycles. The van der Waals surface area contributed by atoms with Crippen molar-refractivity contribution in [3.8, 4) is 0 Å². The molecule has 0 bridgehead atoms. The monoisotopic (exact) mass is 419 g/mol. The molecule has 3 rings (SSSR count). The summed E-state index contributed by atoms with van der Waals surface area (Å²) in [4.78, 5) is 27.2. The number of nitrogens with zero attached hydrogens (tertiary/aromatic N) is 2. The number of aromatic nitrogens is 1. The van der Waals surface area contributed by atoms with Crippen molar-refractivity contribution >= 4 is 27.5 Å². The van der Waals surface area contributed by atoms with Gasteiger partial charge in [0.15, 0.2) is 0 Å². The molecular weight excluding hydrogens is 398 g/mol. The third-order valence-electron chi connectivity index (χ3n) is 4.65. The summed E-state index contributed by atoms with van der Waals surface area (Å²) in [5.41, 5.74) is 2.22. The summed E-state index contributed by atoms with van der Waals surface area (Å²) in [5, 5.41) is 12.5. The molecular formula is C19H22BrN3O3. The number of aryl methyl sites for hydroxylation is 1. The van der Waals surface area contributed by atoms with Gasteiger partial charge in [0.1, 0.15) is 5.56 Å². The van der Waals surface area contributed by atoms with Gasteiger partial charge in [0.05, 0.1) is 6.10 Å². The molecule has 138 valence electrons. The van der Waals surface area contributed by atoms with Gasteiger partial charge in [-0.15, -0.1) is 0 Å². The smallest absolute Gasteiger partial charge is 0.263 e. The van der Waals surface area contributed by atoms with Crippen molar-refractivity contribution in [1.82, 2.24) is 9.47 Å². The van der Waals surface area contributed by atoms with Gasteiger partial charge < -0.3 is 15.0 Å². The van der Waals surface area contributed by atoms with E-state index in [1.54, 1.807) is 25.4 Å². The Balaban J connectivity index is 1.85. The van der Waals surface area contributed by atoms with Gasteiger partial charge in [-0.05, 0) is 42.7 Å². The van der Waals surface area contributed by atoms with E-state index in [1.807, 2.05) is 19.1 Å². The van der Waals surface area contributed by atoms with Crippen LogP contribution >= 0.6 is 15.9 Å². The summed E-state index contributed by atoms with van der Waals surface area (Å²) in [6.45, 7) is 3.92. The number of hydrogen-bond acceptors (Lipinski definition) is 4. The summed E-state index contributed by atoms with van der Waals surface area (Å²) >= 11 is 3.44. The van der Waals surface area contributed by atoms with Crippen LogP contribution in [0.1, 0.15) is 27.9 Å². The largest absolute Gasteiger partial charge is 0.392 e. The van der Waals surface area contributed by atoms with E-state index in [9.17, 15) is 14.7 Å². The molecule has 0 radical (unpaired) electrons. The maximum atomic E-state index is 12.7. The molecule has 7 heteroatoms. The fraction of sp³-hybridized carbons (Fsp3) is 0.368. The molecule has 1 aliphatic rings. The number of anilines is 1. The Morgan fingerprint density at radius 2 is 2.19 bits per heavy atom. The van der Waals surface area contributed by atoms with Crippen LogP contribution in [0.4, 0.5) is 5.69 Å². The second kappa shape index (κ2) is 7.73. The molecule has 1 amide bonds. The number of rotatable bonds is 4. The highest BCUT2D eigenvalue weighted by Crippen LogP contribution is 2.24. The maximum absolute atomic E-state index is 12.7. The first kappa shape index (κ1) is 18.8. The second-order valence-electron chi connectivity index (χ2n) is 6.72. The zero-order valence-corrected chi connectivity index (χ0v) is 16.4. The van der Waals surface area contributed by atoms with Gasteiger partial charge in [0.25, 0.3) is 11.5 Å². The number of hydrogen-bond donors (Lipinski definition) is 2. The number of halogens is 1. The fourth-order valence-electron chi connectivity index (χ4n) is 3.18. The number of carbonyl (C=O) groups excluding carboxylic acids is 1. The summed E-state index contributed by atoms with van der Waals surface area (Å²) in [5.74, 6) is -0.421. The molecule has 1 saturated heterocycles. The number of carbonyl (C=O) groups is 1. The Labute approximate surface area is 160 Å². The maximum Gasteiger partial charge on any atom is 0.263 e. The van der Waals surface area contributed by atoms with E-state index in [0.717, 1.165) is 28.6 Å². The van der Waals surface area contributed by atoms with E-state index in [4.69, 9.17) is 0 Å². The molecule has 1 aromatic heterocycles. The molecule has 1 unspecified atom stereocenters. The van der Waals surface area contributed by atoms with Crippen molar-refractivity contribution < 1.29 is 9.90 Å². The number of benzene rings is 1. The van der Waals surface area contributed by atoms with Crippen molar-refractivity contribution in [2.75, 3.05) is 18.4 Å². The molecule has 0 aliphatic carbocycles. The van der Waals surface area contributed by atoms with Gasteiger partial charge in [0.2, 0.25) is 0 Å². The average molecular weight is 420 g/mol. The number of aliphatic hydroxyl groups is 1. The Morgan fingerprint density at radius 1 is 1.42 bits per heavy atom. The lowest BCUT2D eigenvalue weighted by Crippen LogP contribution is -2.29. The number of amides is 1.